The molecule has 56 valence electrons. The topological polar surface area (TPSA) is 22.3 Å². The summed E-state index contributed by atoms with van der Waals surface area (Å²) in [6.45, 7) is 0. The average Bonchev–Trinajstić information content (AvgIpc) is 2.05. The van der Waals surface area contributed by atoms with Gasteiger partial charge in [-0.05, 0) is 17.4 Å². The predicted molar refractivity (Wildman–Crippen MR) is 48.3 cm³/mol. The quantitative estimate of drug-likeness (QED) is 0.541. The van der Waals surface area contributed by atoms with Gasteiger partial charge in [-0.3, -0.25) is 5.87 Å². The van der Waals surface area contributed by atoms with Crippen LogP contribution in [0, 0.1) is 0 Å². The molecule has 3 heteroatoms. The molecule has 0 atom stereocenters. The summed E-state index contributed by atoms with van der Waals surface area (Å²) in [6.07, 6.45) is 0. The first-order valence-corrected chi connectivity index (χ1v) is 3.68. The molecule has 0 amide bonds. The monoisotopic (exact) mass is 184 g/mol. The van der Waals surface area contributed by atoms with Crippen LogP contribution >= 0.6 is 23.2 Å². The molecule has 0 spiro atoms. The third-order valence-corrected chi connectivity index (χ3v) is 1.67. The van der Waals surface area contributed by atoms with Gasteiger partial charge >= 0.3 is 0 Å². The highest BCUT2D eigenvalue weighted by molar-refractivity contribution is 6.73. The summed E-state index contributed by atoms with van der Waals surface area (Å²) in [4.78, 5) is 0. The maximum Gasteiger partial charge on any atom is 0.114 e. The molecule has 0 bridgehead atoms. The molecule has 1 aromatic carbocycles. The standard InChI is InChI=1S/C8H4Cl2N/c9-8(10)7-3-1-6(5-11)2-4-7/h1-4H/q-1. The zero-order chi connectivity index (χ0) is 8.27. The van der Waals surface area contributed by atoms with Crippen LogP contribution in [-0.2, 0) is 0 Å². The van der Waals surface area contributed by atoms with Gasteiger partial charge in [-0.2, -0.15) is 0 Å². The van der Waals surface area contributed by atoms with Crippen LogP contribution in [0.2, 0.25) is 0 Å². The minimum atomic E-state index is 0.217. The van der Waals surface area contributed by atoms with Gasteiger partial charge < -0.3 is 5.41 Å². The fourth-order valence-electron chi connectivity index (χ4n) is 0.671. The third kappa shape index (κ3) is 2.09. The molecule has 1 nitrogen and oxygen atoms in total. The molecule has 1 aromatic rings. The molecule has 0 N–H and O–H groups in total. The van der Waals surface area contributed by atoms with Crippen molar-refractivity contribution in [2.45, 2.75) is 0 Å². The minimum absolute atomic E-state index is 0.217. The van der Waals surface area contributed by atoms with E-state index in [0.717, 1.165) is 5.22 Å². The summed E-state index contributed by atoms with van der Waals surface area (Å²) in [6, 6.07) is 6.74. The van der Waals surface area contributed by atoms with Gasteiger partial charge in [0.15, 0.2) is 0 Å². The summed E-state index contributed by atoms with van der Waals surface area (Å²) in [5.41, 5.74) is 0. The molecule has 0 aliphatic heterocycles. The van der Waals surface area contributed by atoms with E-state index in [9.17, 15) is 0 Å². The number of hydrogen-bond acceptors (Lipinski definition) is 0. The average molecular weight is 185 g/mol. The van der Waals surface area contributed by atoms with Gasteiger partial charge in [0.25, 0.3) is 0 Å². The van der Waals surface area contributed by atoms with E-state index >= 15 is 0 Å². The van der Waals surface area contributed by atoms with Crippen LogP contribution in [0.3, 0.4) is 0 Å². The second-order valence-electron chi connectivity index (χ2n) is 1.95. The van der Waals surface area contributed by atoms with E-state index in [4.69, 9.17) is 28.6 Å². The molecule has 0 aromatic heterocycles. The molecule has 0 saturated carbocycles. The SMILES string of the molecule is [N-]=C=c1ccc(=C(Cl)Cl)cc1. The highest BCUT2D eigenvalue weighted by Crippen LogP contribution is 2.03. The van der Waals surface area contributed by atoms with Crippen LogP contribution in [0.1, 0.15) is 0 Å². The maximum absolute atomic E-state index is 8.44. The van der Waals surface area contributed by atoms with Gasteiger partial charge in [-0.25, -0.2) is 0 Å². The molecular formula is C8H4Cl2N-. The van der Waals surface area contributed by atoms with Crippen LogP contribution < -0.4 is 10.4 Å². The van der Waals surface area contributed by atoms with E-state index in [2.05, 4.69) is 0 Å². The van der Waals surface area contributed by atoms with Crippen molar-refractivity contribution in [1.29, 1.82) is 0 Å². The first kappa shape index (κ1) is 8.35. The summed E-state index contributed by atoms with van der Waals surface area (Å²) in [5.74, 6) is 2.00. The van der Waals surface area contributed by atoms with Crippen LogP contribution in [0.15, 0.2) is 24.3 Å². The molecule has 11 heavy (non-hydrogen) atoms. The smallest absolute Gasteiger partial charge is 0.114 e. The lowest BCUT2D eigenvalue weighted by atomic mass is 10.3. The molecule has 0 fully saturated rings. The summed E-state index contributed by atoms with van der Waals surface area (Å²) in [7, 11) is 0. The zero-order valence-electron chi connectivity index (χ0n) is 5.51. The summed E-state index contributed by atoms with van der Waals surface area (Å²) in [5, 5.41) is 9.77. The largest absolute Gasteiger partial charge is 0.763 e. The van der Waals surface area contributed by atoms with Crippen LogP contribution in [0.5, 0.6) is 0 Å². The van der Waals surface area contributed by atoms with Gasteiger partial charge in [0.05, 0.1) is 0 Å². The molecule has 0 saturated heterocycles. The van der Waals surface area contributed by atoms with Crippen LogP contribution in [0.25, 0.3) is 9.90 Å². The van der Waals surface area contributed by atoms with E-state index in [0.29, 0.717) is 5.22 Å². The Hall–Kier alpha value is -0.750. The Morgan fingerprint density at radius 2 is 1.73 bits per heavy atom. The lowest BCUT2D eigenvalue weighted by Gasteiger charge is -1.86. The second-order valence-corrected chi connectivity index (χ2v) is 2.90. The molecule has 0 radical (unpaired) electrons. The normalized spacial score (nSPS) is 8.91. The molecule has 0 aliphatic carbocycles. The number of nitrogens with zero attached hydrogens (tertiary/aromatic N) is 1. The van der Waals surface area contributed by atoms with Crippen molar-refractivity contribution < 1.29 is 0 Å². The molecule has 0 aliphatic rings. The highest BCUT2D eigenvalue weighted by Gasteiger charge is 1.84. The van der Waals surface area contributed by atoms with E-state index in [1.807, 2.05) is 5.87 Å². The van der Waals surface area contributed by atoms with Crippen molar-refractivity contribution in [3.05, 3.63) is 40.1 Å². The van der Waals surface area contributed by atoms with Gasteiger partial charge in [-0.15, -0.1) is 0 Å². The summed E-state index contributed by atoms with van der Waals surface area (Å²) < 4.78 is 0.217. The predicted octanol–water partition coefficient (Wildman–Crippen LogP) is 1.14. The van der Waals surface area contributed by atoms with E-state index in [1.165, 1.54) is 0 Å². The van der Waals surface area contributed by atoms with Gasteiger partial charge in [-0.1, -0.05) is 35.3 Å². The zero-order valence-corrected chi connectivity index (χ0v) is 7.02. The molecule has 0 unspecified atom stereocenters. The van der Waals surface area contributed by atoms with Crippen LogP contribution in [0.4, 0.5) is 0 Å². The molecular weight excluding hydrogens is 181 g/mol. The molecule has 1 rings (SSSR count). The number of halogens is 2. The van der Waals surface area contributed by atoms with E-state index < -0.39 is 0 Å². The molecule has 0 heterocycles. The van der Waals surface area contributed by atoms with Gasteiger partial charge in [0.1, 0.15) is 4.49 Å². The van der Waals surface area contributed by atoms with E-state index in [-0.39, 0.29) is 4.49 Å². The second kappa shape index (κ2) is 3.59. The first-order chi connectivity index (χ1) is 5.24. The van der Waals surface area contributed by atoms with Crippen molar-refractivity contribution >= 4 is 33.6 Å². The van der Waals surface area contributed by atoms with Crippen molar-refractivity contribution in [3.63, 3.8) is 0 Å². The minimum Gasteiger partial charge on any atom is -0.763 e. The number of rotatable bonds is 0. The van der Waals surface area contributed by atoms with Crippen molar-refractivity contribution in [2.24, 2.45) is 0 Å². The Kier molecular flexibility index (Phi) is 2.72. The van der Waals surface area contributed by atoms with Crippen molar-refractivity contribution in [1.82, 2.24) is 0 Å². The maximum atomic E-state index is 8.44. The Labute approximate surface area is 74.1 Å². The third-order valence-electron chi connectivity index (χ3n) is 1.23. The fourth-order valence-corrected chi connectivity index (χ4v) is 0.923. The number of benzene rings is 1. The Morgan fingerprint density at radius 1 is 1.18 bits per heavy atom. The Bertz CT molecular complexity index is 364. The Balaban J connectivity index is 3.45. The summed E-state index contributed by atoms with van der Waals surface area (Å²) >= 11 is 11.0. The van der Waals surface area contributed by atoms with Crippen molar-refractivity contribution in [2.75, 3.05) is 0 Å². The number of hydrogen-bond donors (Lipinski definition) is 0. The van der Waals surface area contributed by atoms with Crippen LogP contribution in [-0.4, -0.2) is 5.87 Å². The first-order valence-electron chi connectivity index (χ1n) is 2.92. The van der Waals surface area contributed by atoms with Gasteiger partial charge in [0.2, 0.25) is 0 Å². The highest BCUT2D eigenvalue weighted by atomic mass is 35.5. The lowest BCUT2D eigenvalue weighted by Crippen LogP contribution is -2.07. The Morgan fingerprint density at radius 3 is 2.09 bits per heavy atom. The van der Waals surface area contributed by atoms with E-state index in [1.54, 1.807) is 24.3 Å². The fraction of sp³-hybridized carbons (Fsp3) is 0. The van der Waals surface area contributed by atoms with Gasteiger partial charge in [0, 0.05) is 5.22 Å². The van der Waals surface area contributed by atoms with Crippen molar-refractivity contribution in [3.8, 4) is 0 Å². The lowest BCUT2D eigenvalue weighted by molar-refractivity contribution is 1.57.